The number of nitrogens with zero attached hydrogens (tertiary/aromatic N) is 1. The van der Waals surface area contributed by atoms with Gasteiger partial charge in [0.15, 0.2) is 11.5 Å². The molecule has 0 unspecified atom stereocenters. The van der Waals surface area contributed by atoms with E-state index in [4.69, 9.17) is 14.2 Å². The number of rotatable bonds is 7. The van der Waals surface area contributed by atoms with E-state index in [0.29, 0.717) is 17.2 Å². The van der Waals surface area contributed by atoms with Gasteiger partial charge in [0.1, 0.15) is 0 Å². The van der Waals surface area contributed by atoms with Crippen LogP contribution in [-0.2, 0) is 0 Å². The minimum Gasteiger partial charge on any atom is -0.493 e. The van der Waals surface area contributed by atoms with Crippen LogP contribution in [0.25, 0.3) is 0 Å². The van der Waals surface area contributed by atoms with Gasteiger partial charge in [-0.15, -0.1) is 31.4 Å². The van der Waals surface area contributed by atoms with Crippen molar-refractivity contribution in [2.45, 2.75) is 12.5 Å². The van der Waals surface area contributed by atoms with Crippen molar-refractivity contribution in [3.63, 3.8) is 0 Å². The van der Waals surface area contributed by atoms with Crippen molar-refractivity contribution in [3.8, 4) is 17.2 Å². The van der Waals surface area contributed by atoms with Gasteiger partial charge in [-0.1, -0.05) is 6.08 Å². The van der Waals surface area contributed by atoms with Gasteiger partial charge in [0.25, 0.3) is 0 Å². The van der Waals surface area contributed by atoms with E-state index in [2.05, 4.69) is 16.8 Å². The second kappa shape index (κ2) is 11.4. The number of halogens is 2. The van der Waals surface area contributed by atoms with Gasteiger partial charge in [-0.2, -0.15) is 0 Å². The zero-order valence-electron chi connectivity index (χ0n) is 14.5. The van der Waals surface area contributed by atoms with Crippen LogP contribution in [0.5, 0.6) is 17.2 Å². The third-order valence-electron chi connectivity index (χ3n) is 4.05. The van der Waals surface area contributed by atoms with Gasteiger partial charge in [0.05, 0.1) is 21.3 Å². The molecule has 1 atom stereocenters. The molecule has 1 aliphatic heterocycles. The van der Waals surface area contributed by atoms with E-state index in [0.717, 1.165) is 38.2 Å². The number of hydrogen-bond acceptors (Lipinski definition) is 5. The lowest BCUT2D eigenvalue weighted by Gasteiger charge is -2.35. The zero-order valence-corrected chi connectivity index (χ0v) is 16.2. The maximum Gasteiger partial charge on any atom is 0.203 e. The van der Waals surface area contributed by atoms with Crippen LogP contribution < -0.4 is 19.5 Å². The minimum absolute atomic E-state index is 0. The molecular formula is C17H28Cl2N2O3. The molecule has 0 radical (unpaired) electrons. The predicted molar refractivity (Wildman–Crippen MR) is 103 cm³/mol. The summed E-state index contributed by atoms with van der Waals surface area (Å²) in [6.07, 6.45) is 2.86. The van der Waals surface area contributed by atoms with Gasteiger partial charge < -0.3 is 19.5 Å². The molecule has 1 saturated heterocycles. The van der Waals surface area contributed by atoms with Crippen LogP contribution in [0.15, 0.2) is 24.8 Å². The van der Waals surface area contributed by atoms with Crippen molar-refractivity contribution in [2.24, 2.45) is 0 Å². The van der Waals surface area contributed by atoms with Gasteiger partial charge in [-0.3, -0.25) is 4.90 Å². The predicted octanol–water partition coefficient (Wildman–Crippen LogP) is 3.08. The Labute approximate surface area is 157 Å². The molecule has 1 N–H and O–H groups in total. The summed E-state index contributed by atoms with van der Waals surface area (Å²) >= 11 is 0. The van der Waals surface area contributed by atoms with Gasteiger partial charge in [0, 0.05) is 32.2 Å². The molecule has 5 nitrogen and oxygen atoms in total. The Hall–Kier alpha value is -1.14. The van der Waals surface area contributed by atoms with Crippen LogP contribution in [0.1, 0.15) is 18.0 Å². The van der Waals surface area contributed by atoms with E-state index in [1.807, 2.05) is 18.2 Å². The highest BCUT2D eigenvalue weighted by Gasteiger charge is 2.24. The van der Waals surface area contributed by atoms with Crippen molar-refractivity contribution in [2.75, 3.05) is 47.5 Å². The number of hydrogen-bond donors (Lipinski definition) is 1. The zero-order chi connectivity index (χ0) is 15.9. The first kappa shape index (κ1) is 22.9. The number of nitrogens with one attached hydrogen (secondary N) is 1. The molecule has 2 rings (SSSR count). The first-order valence-electron chi connectivity index (χ1n) is 7.60. The van der Waals surface area contributed by atoms with E-state index >= 15 is 0 Å². The Morgan fingerprint density at radius 2 is 1.62 bits per heavy atom. The summed E-state index contributed by atoms with van der Waals surface area (Å²) in [7, 11) is 4.92. The minimum atomic E-state index is 0. The molecule has 1 aromatic rings. The molecular weight excluding hydrogens is 351 g/mol. The summed E-state index contributed by atoms with van der Waals surface area (Å²) in [6, 6.07) is 4.35. The smallest absolute Gasteiger partial charge is 0.203 e. The highest BCUT2D eigenvalue weighted by Crippen LogP contribution is 2.41. The fourth-order valence-corrected chi connectivity index (χ4v) is 2.94. The lowest BCUT2D eigenvalue weighted by Crippen LogP contribution is -2.45. The van der Waals surface area contributed by atoms with Crippen LogP contribution in [0.4, 0.5) is 0 Å². The second-order valence-corrected chi connectivity index (χ2v) is 5.28. The Morgan fingerprint density at radius 3 is 2.04 bits per heavy atom. The molecule has 1 aromatic carbocycles. The summed E-state index contributed by atoms with van der Waals surface area (Å²) in [6.45, 7) is 7.98. The number of benzene rings is 1. The molecule has 1 aliphatic rings. The lowest BCUT2D eigenvalue weighted by atomic mass is 10.00. The molecule has 0 spiro atoms. The van der Waals surface area contributed by atoms with Crippen molar-refractivity contribution < 1.29 is 14.2 Å². The molecule has 138 valence electrons. The van der Waals surface area contributed by atoms with E-state index in [-0.39, 0.29) is 30.9 Å². The fraction of sp³-hybridized carbons (Fsp3) is 0.529. The Morgan fingerprint density at radius 1 is 1.08 bits per heavy atom. The molecule has 1 heterocycles. The SMILES string of the molecule is C=CC[C@@H](c1cc(OC)c(OC)c(OC)c1)N1CCNCC1.Cl.Cl. The summed E-state index contributed by atoms with van der Waals surface area (Å²) in [4.78, 5) is 2.47. The Kier molecular flexibility index (Phi) is 10.9. The highest BCUT2D eigenvalue weighted by molar-refractivity contribution is 5.85. The monoisotopic (exact) mass is 378 g/mol. The highest BCUT2D eigenvalue weighted by atomic mass is 35.5. The van der Waals surface area contributed by atoms with E-state index in [1.165, 1.54) is 0 Å². The first-order valence-corrected chi connectivity index (χ1v) is 7.60. The third kappa shape index (κ3) is 5.18. The maximum absolute atomic E-state index is 5.47. The molecule has 0 saturated carbocycles. The van der Waals surface area contributed by atoms with Crippen LogP contribution >= 0.6 is 24.8 Å². The van der Waals surface area contributed by atoms with Gasteiger partial charge in [-0.05, 0) is 24.1 Å². The van der Waals surface area contributed by atoms with E-state index in [1.54, 1.807) is 21.3 Å². The Bertz CT molecular complexity index is 484. The third-order valence-corrected chi connectivity index (χ3v) is 4.05. The maximum atomic E-state index is 5.47. The van der Waals surface area contributed by atoms with Crippen molar-refractivity contribution in [1.29, 1.82) is 0 Å². The Balaban J connectivity index is 0.00000264. The summed E-state index contributed by atoms with van der Waals surface area (Å²) in [5.74, 6) is 2.02. The molecule has 0 aromatic heterocycles. The average Bonchev–Trinajstić information content (AvgIpc) is 2.59. The normalized spacial score (nSPS) is 15.5. The molecule has 0 amide bonds. The van der Waals surface area contributed by atoms with Crippen molar-refractivity contribution >= 4 is 24.8 Å². The first-order chi connectivity index (χ1) is 10.7. The van der Waals surface area contributed by atoms with Crippen LogP contribution in [0.3, 0.4) is 0 Å². The number of methoxy groups -OCH3 is 3. The van der Waals surface area contributed by atoms with Crippen LogP contribution in [0, 0.1) is 0 Å². The fourth-order valence-electron chi connectivity index (χ4n) is 2.94. The number of ether oxygens (including phenoxy) is 3. The number of piperazine rings is 1. The van der Waals surface area contributed by atoms with Crippen LogP contribution in [-0.4, -0.2) is 52.4 Å². The quantitative estimate of drug-likeness (QED) is 0.738. The lowest BCUT2D eigenvalue weighted by molar-refractivity contribution is 0.174. The second-order valence-electron chi connectivity index (χ2n) is 5.28. The van der Waals surface area contributed by atoms with Gasteiger partial charge >= 0.3 is 0 Å². The van der Waals surface area contributed by atoms with Crippen molar-refractivity contribution in [1.82, 2.24) is 10.2 Å². The summed E-state index contributed by atoms with van der Waals surface area (Å²) in [5, 5.41) is 3.39. The van der Waals surface area contributed by atoms with E-state index in [9.17, 15) is 0 Å². The molecule has 24 heavy (non-hydrogen) atoms. The van der Waals surface area contributed by atoms with Crippen LogP contribution in [0.2, 0.25) is 0 Å². The standard InChI is InChI=1S/C17H26N2O3.2ClH/c1-5-6-14(19-9-7-18-8-10-19)13-11-15(20-2)17(22-4)16(12-13)21-3;;/h5,11-12,14,18H,1,6-10H2,2-4H3;2*1H/t14-;;/m0../s1. The van der Waals surface area contributed by atoms with Gasteiger partial charge in [-0.25, -0.2) is 0 Å². The van der Waals surface area contributed by atoms with Gasteiger partial charge in [0.2, 0.25) is 5.75 Å². The molecule has 7 heteroatoms. The summed E-state index contributed by atoms with van der Waals surface area (Å²) in [5.41, 5.74) is 1.16. The molecule has 0 aliphatic carbocycles. The van der Waals surface area contributed by atoms with Crippen molar-refractivity contribution in [3.05, 3.63) is 30.4 Å². The molecule has 0 bridgehead atoms. The molecule has 1 fully saturated rings. The average molecular weight is 379 g/mol. The topological polar surface area (TPSA) is 43.0 Å². The summed E-state index contributed by atoms with van der Waals surface area (Å²) < 4.78 is 16.4. The van der Waals surface area contributed by atoms with E-state index < -0.39 is 0 Å². The largest absolute Gasteiger partial charge is 0.493 e.